The molecular formula is C10H17ClF3NS. The number of hydrogen-bond acceptors (Lipinski definition) is 2. The Morgan fingerprint density at radius 1 is 1.25 bits per heavy atom. The van der Waals surface area contributed by atoms with Crippen molar-refractivity contribution in [3.63, 3.8) is 0 Å². The normalized spacial score (nSPS) is 26.2. The summed E-state index contributed by atoms with van der Waals surface area (Å²) in [6.07, 6.45) is 3.50. The van der Waals surface area contributed by atoms with E-state index in [0.717, 1.165) is 19.4 Å². The summed E-state index contributed by atoms with van der Waals surface area (Å²) >= 11 is 5.86. The number of rotatable bonds is 6. The molecule has 0 amide bonds. The van der Waals surface area contributed by atoms with Crippen LogP contribution in [0.2, 0.25) is 0 Å². The van der Waals surface area contributed by atoms with E-state index in [-0.39, 0.29) is 17.5 Å². The molecule has 2 atom stereocenters. The Kier molecular flexibility index (Phi) is 6.29. The molecule has 0 heterocycles. The van der Waals surface area contributed by atoms with Crippen molar-refractivity contribution in [2.45, 2.75) is 24.8 Å². The minimum absolute atomic E-state index is 0.0340. The second-order valence-electron chi connectivity index (χ2n) is 4.10. The highest BCUT2D eigenvalue weighted by Crippen LogP contribution is 2.32. The van der Waals surface area contributed by atoms with Gasteiger partial charge < -0.3 is 5.32 Å². The van der Waals surface area contributed by atoms with Crippen molar-refractivity contribution >= 4 is 23.4 Å². The van der Waals surface area contributed by atoms with Crippen LogP contribution in [0.15, 0.2) is 0 Å². The molecular weight excluding hydrogens is 259 g/mol. The predicted octanol–water partition coefficient (Wildman–Crippen LogP) is 3.48. The van der Waals surface area contributed by atoms with Crippen LogP contribution >= 0.6 is 23.4 Å². The molecule has 1 fully saturated rings. The highest BCUT2D eigenvalue weighted by molar-refractivity contribution is 8.00. The number of hydrogen-bond donors (Lipinski definition) is 1. The van der Waals surface area contributed by atoms with E-state index >= 15 is 0 Å². The van der Waals surface area contributed by atoms with Crippen molar-refractivity contribution in [2.24, 2.45) is 11.8 Å². The molecule has 1 N–H and O–H groups in total. The van der Waals surface area contributed by atoms with E-state index in [1.165, 1.54) is 6.42 Å². The van der Waals surface area contributed by atoms with Crippen molar-refractivity contribution in [1.29, 1.82) is 0 Å². The molecule has 1 aliphatic rings. The van der Waals surface area contributed by atoms with Crippen LogP contribution < -0.4 is 5.32 Å². The number of nitrogens with one attached hydrogen (secondary N) is 1. The van der Waals surface area contributed by atoms with Crippen molar-refractivity contribution < 1.29 is 13.2 Å². The molecule has 0 aromatic carbocycles. The molecule has 0 saturated heterocycles. The van der Waals surface area contributed by atoms with Gasteiger partial charge in [-0.1, -0.05) is 6.42 Å². The van der Waals surface area contributed by atoms with Crippen LogP contribution in [0.5, 0.6) is 0 Å². The molecule has 1 aliphatic carbocycles. The second kappa shape index (κ2) is 6.97. The fraction of sp³-hybridized carbons (Fsp3) is 1.00. The highest BCUT2D eigenvalue weighted by Gasteiger charge is 2.28. The van der Waals surface area contributed by atoms with E-state index in [1.54, 1.807) is 0 Å². The van der Waals surface area contributed by atoms with Gasteiger partial charge in [0.25, 0.3) is 0 Å². The monoisotopic (exact) mass is 275 g/mol. The average Bonchev–Trinajstić information content (AvgIpc) is 2.63. The molecule has 0 aliphatic heterocycles. The molecule has 2 unspecified atom stereocenters. The summed E-state index contributed by atoms with van der Waals surface area (Å²) in [5, 5.41) is 3.08. The lowest BCUT2D eigenvalue weighted by molar-refractivity contribution is -0.0327. The van der Waals surface area contributed by atoms with E-state index in [9.17, 15) is 13.2 Å². The van der Waals surface area contributed by atoms with Gasteiger partial charge in [0.15, 0.2) is 0 Å². The van der Waals surface area contributed by atoms with Gasteiger partial charge in [0.1, 0.15) is 0 Å². The topological polar surface area (TPSA) is 12.0 Å². The molecule has 0 radical (unpaired) electrons. The maximum absolute atomic E-state index is 11.8. The lowest BCUT2D eigenvalue weighted by Crippen LogP contribution is -2.28. The molecule has 1 rings (SSSR count). The van der Waals surface area contributed by atoms with Gasteiger partial charge >= 0.3 is 5.51 Å². The summed E-state index contributed by atoms with van der Waals surface area (Å²) in [4.78, 5) is 0. The second-order valence-corrected chi connectivity index (χ2v) is 5.57. The summed E-state index contributed by atoms with van der Waals surface area (Å²) in [7, 11) is 0. The third kappa shape index (κ3) is 5.64. The molecule has 0 aromatic rings. The standard InChI is InChI=1S/C10H17ClF3NS/c11-6-8-2-1-3-9(8)7-15-4-5-16-10(12,13)14/h8-9,15H,1-7H2. The van der Waals surface area contributed by atoms with Gasteiger partial charge in [0.2, 0.25) is 0 Å². The van der Waals surface area contributed by atoms with Gasteiger partial charge in [-0.25, -0.2) is 0 Å². The molecule has 96 valence electrons. The molecule has 1 nitrogen and oxygen atoms in total. The third-order valence-corrected chi connectivity index (χ3v) is 4.10. The minimum atomic E-state index is -4.10. The summed E-state index contributed by atoms with van der Waals surface area (Å²) in [5.41, 5.74) is -4.10. The van der Waals surface area contributed by atoms with Crippen molar-refractivity contribution in [1.82, 2.24) is 5.32 Å². The Balaban J connectivity index is 2.03. The van der Waals surface area contributed by atoms with E-state index < -0.39 is 5.51 Å². The van der Waals surface area contributed by atoms with Crippen LogP contribution in [-0.2, 0) is 0 Å². The van der Waals surface area contributed by atoms with Crippen LogP contribution in [0.25, 0.3) is 0 Å². The fourth-order valence-corrected chi connectivity index (χ4v) is 3.00. The summed E-state index contributed by atoms with van der Waals surface area (Å²) in [6.45, 7) is 1.21. The zero-order valence-electron chi connectivity index (χ0n) is 9.02. The van der Waals surface area contributed by atoms with Crippen LogP contribution in [0, 0.1) is 11.8 Å². The first-order chi connectivity index (χ1) is 7.53. The fourth-order valence-electron chi connectivity index (χ4n) is 2.11. The first-order valence-electron chi connectivity index (χ1n) is 5.50. The van der Waals surface area contributed by atoms with Gasteiger partial charge in [0, 0.05) is 18.2 Å². The van der Waals surface area contributed by atoms with E-state index in [1.807, 2.05) is 0 Å². The smallest absolute Gasteiger partial charge is 0.316 e. The van der Waals surface area contributed by atoms with Crippen LogP contribution in [0.4, 0.5) is 13.2 Å². The Morgan fingerprint density at radius 3 is 2.56 bits per heavy atom. The first kappa shape index (κ1) is 14.5. The Bertz CT molecular complexity index is 201. The maximum Gasteiger partial charge on any atom is 0.441 e. The van der Waals surface area contributed by atoms with E-state index in [4.69, 9.17) is 11.6 Å². The van der Waals surface area contributed by atoms with Crippen LogP contribution in [0.3, 0.4) is 0 Å². The van der Waals surface area contributed by atoms with Gasteiger partial charge in [-0.2, -0.15) is 13.2 Å². The predicted molar refractivity (Wildman–Crippen MR) is 62.9 cm³/mol. The van der Waals surface area contributed by atoms with Crippen molar-refractivity contribution in [3.05, 3.63) is 0 Å². The molecule has 0 aromatic heterocycles. The molecule has 0 spiro atoms. The first-order valence-corrected chi connectivity index (χ1v) is 7.02. The van der Waals surface area contributed by atoms with Gasteiger partial charge in [-0.15, -0.1) is 11.6 Å². The van der Waals surface area contributed by atoms with Crippen LogP contribution in [0.1, 0.15) is 19.3 Å². The molecule has 0 bridgehead atoms. The van der Waals surface area contributed by atoms with Gasteiger partial charge in [0.05, 0.1) is 0 Å². The summed E-state index contributed by atoms with van der Waals surface area (Å²) in [5.74, 6) is 1.85. The lowest BCUT2D eigenvalue weighted by atomic mass is 9.98. The summed E-state index contributed by atoms with van der Waals surface area (Å²) < 4.78 is 35.5. The van der Waals surface area contributed by atoms with Crippen LogP contribution in [-0.4, -0.2) is 30.2 Å². The number of alkyl halides is 4. The average molecular weight is 276 g/mol. The van der Waals surface area contributed by atoms with E-state index in [2.05, 4.69) is 5.32 Å². The Hall–Kier alpha value is 0.390. The lowest BCUT2D eigenvalue weighted by Gasteiger charge is -2.17. The van der Waals surface area contributed by atoms with Crippen molar-refractivity contribution in [3.8, 4) is 0 Å². The summed E-state index contributed by atoms with van der Waals surface area (Å²) in [6, 6.07) is 0. The number of halogens is 4. The van der Waals surface area contributed by atoms with Gasteiger partial charge in [-0.3, -0.25) is 0 Å². The maximum atomic E-state index is 11.8. The Labute approximate surface area is 103 Å². The third-order valence-electron chi connectivity index (χ3n) is 2.97. The van der Waals surface area contributed by atoms with Crippen molar-refractivity contribution in [2.75, 3.05) is 24.7 Å². The van der Waals surface area contributed by atoms with Gasteiger partial charge in [-0.05, 0) is 43.0 Å². The quantitative estimate of drug-likeness (QED) is 0.588. The number of thioether (sulfide) groups is 1. The SMILES string of the molecule is FC(F)(F)SCCNCC1CCCC1CCl. The minimum Gasteiger partial charge on any atom is -0.316 e. The highest BCUT2D eigenvalue weighted by atomic mass is 35.5. The molecule has 16 heavy (non-hydrogen) atoms. The zero-order chi connectivity index (χ0) is 12.0. The van der Waals surface area contributed by atoms with E-state index in [0.29, 0.717) is 24.3 Å². The molecule has 6 heteroatoms. The zero-order valence-corrected chi connectivity index (χ0v) is 10.6. The Morgan fingerprint density at radius 2 is 1.94 bits per heavy atom. The molecule has 1 saturated carbocycles. The largest absolute Gasteiger partial charge is 0.441 e.